The molecule has 0 bridgehead atoms. The molecule has 106 valence electrons. The summed E-state index contributed by atoms with van der Waals surface area (Å²) >= 11 is 11.4. The molecule has 3 N–H and O–H groups in total. The summed E-state index contributed by atoms with van der Waals surface area (Å²) in [6.45, 7) is 0. The molecular weight excluding hydrogens is 328 g/mol. The van der Waals surface area contributed by atoms with Gasteiger partial charge in [-0.25, -0.2) is 17.8 Å². The van der Waals surface area contributed by atoms with Gasteiger partial charge in [-0.15, -0.1) is 0 Å². The Morgan fingerprint density at radius 3 is 2.65 bits per heavy atom. The van der Waals surface area contributed by atoms with Gasteiger partial charge in [-0.05, 0) is 24.3 Å². The summed E-state index contributed by atoms with van der Waals surface area (Å²) in [5, 5.41) is -0.0620. The predicted molar refractivity (Wildman–Crippen MR) is 75.9 cm³/mol. The zero-order chi connectivity index (χ0) is 14.9. The second-order valence-corrected chi connectivity index (χ2v) is 6.20. The molecule has 20 heavy (non-hydrogen) atoms. The largest absolute Gasteiger partial charge is 0.396 e. The third kappa shape index (κ3) is 2.95. The number of nitrogens with one attached hydrogen (secondary N) is 1. The number of aromatic nitrogens is 1. The highest BCUT2D eigenvalue weighted by molar-refractivity contribution is 7.92. The first-order valence-corrected chi connectivity index (χ1v) is 7.43. The van der Waals surface area contributed by atoms with Crippen molar-refractivity contribution in [3.63, 3.8) is 0 Å². The van der Waals surface area contributed by atoms with E-state index >= 15 is 0 Å². The molecular formula is C11H8Cl2FN3O2S. The van der Waals surface area contributed by atoms with Crippen LogP contribution < -0.4 is 10.5 Å². The van der Waals surface area contributed by atoms with E-state index in [1.165, 1.54) is 18.3 Å². The van der Waals surface area contributed by atoms with Crippen LogP contribution in [-0.4, -0.2) is 13.4 Å². The first-order valence-electron chi connectivity index (χ1n) is 5.19. The highest BCUT2D eigenvalue weighted by Crippen LogP contribution is 2.28. The van der Waals surface area contributed by atoms with Crippen LogP contribution in [0.15, 0.2) is 35.4 Å². The van der Waals surface area contributed by atoms with Crippen molar-refractivity contribution in [2.45, 2.75) is 4.90 Å². The van der Waals surface area contributed by atoms with Crippen LogP contribution >= 0.6 is 23.2 Å². The van der Waals surface area contributed by atoms with Crippen LogP contribution in [0.2, 0.25) is 10.2 Å². The average molecular weight is 336 g/mol. The van der Waals surface area contributed by atoms with E-state index in [2.05, 4.69) is 9.71 Å². The summed E-state index contributed by atoms with van der Waals surface area (Å²) in [5.74, 6) is -1.08. The summed E-state index contributed by atoms with van der Waals surface area (Å²) in [7, 11) is -4.23. The minimum absolute atomic E-state index is 0.00144. The van der Waals surface area contributed by atoms with Crippen LogP contribution in [0.1, 0.15) is 0 Å². The van der Waals surface area contributed by atoms with Crippen LogP contribution in [0.25, 0.3) is 0 Å². The molecule has 0 amide bonds. The minimum atomic E-state index is -4.23. The van der Waals surface area contributed by atoms with Crippen molar-refractivity contribution in [1.29, 1.82) is 0 Å². The zero-order valence-corrected chi connectivity index (χ0v) is 12.1. The maximum absolute atomic E-state index is 13.8. The smallest absolute Gasteiger partial charge is 0.265 e. The fraction of sp³-hybridized carbons (Fsp3) is 0. The van der Waals surface area contributed by atoms with E-state index in [9.17, 15) is 12.8 Å². The lowest BCUT2D eigenvalue weighted by atomic mass is 10.3. The molecule has 0 aliphatic heterocycles. The van der Waals surface area contributed by atoms with Crippen LogP contribution in [0.3, 0.4) is 0 Å². The first-order chi connectivity index (χ1) is 9.31. The molecule has 0 fully saturated rings. The van der Waals surface area contributed by atoms with Gasteiger partial charge in [0.1, 0.15) is 4.90 Å². The van der Waals surface area contributed by atoms with Crippen LogP contribution in [0, 0.1) is 5.82 Å². The minimum Gasteiger partial charge on any atom is -0.396 e. The lowest BCUT2D eigenvalue weighted by molar-refractivity contribution is 0.573. The Kier molecular flexibility index (Phi) is 4.03. The molecule has 1 aromatic carbocycles. The van der Waals surface area contributed by atoms with Gasteiger partial charge >= 0.3 is 0 Å². The molecule has 2 rings (SSSR count). The Labute approximate surface area is 124 Å². The Morgan fingerprint density at radius 1 is 1.30 bits per heavy atom. The van der Waals surface area contributed by atoms with Crippen LogP contribution in [0.5, 0.6) is 0 Å². The molecule has 0 unspecified atom stereocenters. The number of sulfonamides is 1. The maximum atomic E-state index is 13.8. The number of anilines is 2. The number of pyridine rings is 1. The van der Waals surface area contributed by atoms with Gasteiger partial charge in [0.05, 0.1) is 11.4 Å². The molecule has 0 aliphatic rings. The number of nitrogens with zero attached hydrogens (tertiary/aromatic N) is 1. The van der Waals surface area contributed by atoms with Crippen molar-refractivity contribution in [3.05, 3.63) is 46.5 Å². The number of nitrogen functional groups attached to an aromatic ring is 1. The van der Waals surface area contributed by atoms with E-state index in [1.807, 2.05) is 0 Å². The lowest BCUT2D eigenvalue weighted by Gasteiger charge is -2.11. The van der Waals surface area contributed by atoms with E-state index in [0.29, 0.717) is 0 Å². The zero-order valence-electron chi connectivity index (χ0n) is 9.77. The average Bonchev–Trinajstić information content (AvgIpc) is 2.36. The van der Waals surface area contributed by atoms with E-state index in [1.54, 1.807) is 0 Å². The van der Waals surface area contributed by atoms with Crippen LogP contribution in [0.4, 0.5) is 15.8 Å². The summed E-state index contributed by atoms with van der Waals surface area (Å²) in [6.07, 6.45) is 1.39. The molecule has 2 aromatic rings. The number of halogens is 3. The molecule has 1 aromatic heterocycles. The monoisotopic (exact) mass is 335 g/mol. The molecule has 0 atom stereocenters. The summed E-state index contributed by atoms with van der Waals surface area (Å²) < 4.78 is 40.2. The molecule has 9 heteroatoms. The van der Waals surface area contributed by atoms with Gasteiger partial charge in [-0.1, -0.05) is 23.2 Å². The van der Waals surface area contributed by atoms with Gasteiger partial charge in [-0.3, -0.25) is 4.72 Å². The highest BCUT2D eigenvalue weighted by Gasteiger charge is 2.22. The molecule has 5 nitrogen and oxygen atoms in total. The Bertz CT molecular complexity index is 768. The van der Waals surface area contributed by atoms with Gasteiger partial charge in [-0.2, -0.15) is 0 Å². The van der Waals surface area contributed by atoms with Crippen molar-refractivity contribution in [3.8, 4) is 0 Å². The van der Waals surface area contributed by atoms with Crippen LogP contribution in [-0.2, 0) is 10.0 Å². The standard InChI is InChI=1S/C11H8Cl2FN3O2S/c12-6-4-7(15)10(14)9(5-6)20(18,19)17-8-2-1-3-16-11(8)13/h1-5,17H,15H2. The highest BCUT2D eigenvalue weighted by atomic mass is 35.5. The molecule has 0 saturated heterocycles. The van der Waals surface area contributed by atoms with Gasteiger partial charge in [0, 0.05) is 11.2 Å². The summed E-state index contributed by atoms with van der Waals surface area (Å²) in [4.78, 5) is 3.04. The van der Waals surface area contributed by atoms with Crippen molar-refractivity contribution in [2.24, 2.45) is 0 Å². The van der Waals surface area contributed by atoms with Gasteiger partial charge in [0.2, 0.25) is 0 Å². The molecule has 1 heterocycles. The fourth-order valence-electron chi connectivity index (χ4n) is 1.44. The first kappa shape index (κ1) is 14.8. The maximum Gasteiger partial charge on any atom is 0.265 e. The SMILES string of the molecule is Nc1cc(Cl)cc(S(=O)(=O)Nc2cccnc2Cl)c1F. The van der Waals surface area contributed by atoms with Gasteiger partial charge < -0.3 is 5.73 Å². The number of benzene rings is 1. The van der Waals surface area contributed by atoms with E-state index < -0.39 is 20.7 Å². The van der Waals surface area contributed by atoms with Gasteiger partial charge in [0.15, 0.2) is 11.0 Å². The summed E-state index contributed by atoms with van der Waals surface area (Å²) in [5.41, 5.74) is 5.01. The third-order valence-corrected chi connectivity index (χ3v) is 4.21. The van der Waals surface area contributed by atoms with Gasteiger partial charge in [0.25, 0.3) is 10.0 Å². The number of hydrogen-bond donors (Lipinski definition) is 2. The number of rotatable bonds is 3. The fourth-order valence-corrected chi connectivity index (χ4v) is 3.16. The number of nitrogens with two attached hydrogens (primary N) is 1. The molecule has 0 spiro atoms. The normalized spacial score (nSPS) is 11.3. The van der Waals surface area contributed by atoms with Crippen molar-refractivity contribution < 1.29 is 12.8 Å². The number of hydrogen-bond acceptors (Lipinski definition) is 4. The predicted octanol–water partition coefficient (Wildman–Crippen LogP) is 2.91. The van der Waals surface area contributed by atoms with E-state index in [4.69, 9.17) is 28.9 Å². The van der Waals surface area contributed by atoms with Crippen molar-refractivity contribution in [2.75, 3.05) is 10.5 Å². The lowest BCUT2D eigenvalue weighted by Crippen LogP contribution is -2.16. The Hall–Kier alpha value is -1.57. The molecule has 0 radical (unpaired) electrons. The quantitative estimate of drug-likeness (QED) is 0.667. The van der Waals surface area contributed by atoms with E-state index in [-0.39, 0.29) is 21.6 Å². The van der Waals surface area contributed by atoms with Crippen molar-refractivity contribution in [1.82, 2.24) is 4.98 Å². The Morgan fingerprint density at radius 2 is 2.00 bits per heavy atom. The molecule has 0 aliphatic carbocycles. The summed E-state index contributed by atoms with van der Waals surface area (Å²) in [6, 6.07) is 4.94. The molecule has 0 saturated carbocycles. The second-order valence-electron chi connectivity index (χ2n) is 3.75. The third-order valence-electron chi connectivity index (χ3n) is 2.33. The topological polar surface area (TPSA) is 85.1 Å². The van der Waals surface area contributed by atoms with E-state index in [0.717, 1.165) is 12.1 Å². The van der Waals surface area contributed by atoms with Crippen molar-refractivity contribution >= 4 is 44.6 Å². The Balaban J connectivity index is 2.49. The second kappa shape index (κ2) is 5.43.